The highest BCUT2D eigenvalue weighted by atomic mass is 79.9. The average molecular weight is 350 g/mol. The van der Waals surface area contributed by atoms with Gasteiger partial charge >= 0.3 is 0 Å². The molecule has 0 aromatic heterocycles. The second kappa shape index (κ2) is 6.96. The van der Waals surface area contributed by atoms with Gasteiger partial charge in [0.2, 0.25) is 0 Å². The minimum absolute atomic E-state index is 0.134. The number of benzene rings is 2. The van der Waals surface area contributed by atoms with Gasteiger partial charge in [0.1, 0.15) is 16.0 Å². The van der Waals surface area contributed by atoms with Crippen molar-refractivity contribution >= 4 is 15.9 Å². The zero-order valence-corrected chi connectivity index (χ0v) is 14.1. The van der Waals surface area contributed by atoms with Crippen LogP contribution in [0.3, 0.4) is 0 Å². The molecule has 2 N–H and O–H groups in total. The van der Waals surface area contributed by atoms with Crippen LogP contribution in [0.4, 0.5) is 0 Å². The summed E-state index contributed by atoms with van der Waals surface area (Å²) in [6, 6.07) is 12.1. The molecule has 1 atom stereocenters. The van der Waals surface area contributed by atoms with E-state index in [1.807, 2.05) is 12.1 Å². The molecule has 0 saturated heterocycles. The summed E-state index contributed by atoms with van der Waals surface area (Å²) in [7, 11) is 3.27. The Morgan fingerprint density at radius 1 is 1.05 bits per heavy atom. The van der Waals surface area contributed by atoms with Crippen molar-refractivity contribution < 1.29 is 9.47 Å². The van der Waals surface area contributed by atoms with Crippen LogP contribution in [0.1, 0.15) is 22.7 Å². The van der Waals surface area contributed by atoms with Crippen molar-refractivity contribution in [1.82, 2.24) is 0 Å². The third-order valence-corrected chi connectivity index (χ3v) is 4.24. The Kier molecular flexibility index (Phi) is 5.26. The van der Waals surface area contributed by atoms with E-state index >= 15 is 0 Å². The molecule has 0 fully saturated rings. The first-order valence-corrected chi connectivity index (χ1v) is 7.57. The number of halogens is 1. The van der Waals surface area contributed by atoms with Crippen molar-refractivity contribution in [1.29, 1.82) is 0 Å². The zero-order chi connectivity index (χ0) is 15.4. The molecule has 2 aromatic carbocycles. The van der Waals surface area contributed by atoms with E-state index in [-0.39, 0.29) is 6.04 Å². The number of ether oxygens (including phenoxy) is 2. The molecule has 0 bridgehead atoms. The van der Waals surface area contributed by atoms with Gasteiger partial charge < -0.3 is 15.2 Å². The van der Waals surface area contributed by atoms with Gasteiger partial charge in [0, 0.05) is 11.6 Å². The SMILES string of the molecule is COc1ccc(C(N)Cc2ccc(C)cc2)c(OC)c1Br. The molecule has 0 spiro atoms. The summed E-state index contributed by atoms with van der Waals surface area (Å²) in [6.45, 7) is 2.08. The first-order valence-electron chi connectivity index (χ1n) is 6.78. The van der Waals surface area contributed by atoms with E-state index in [2.05, 4.69) is 47.1 Å². The van der Waals surface area contributed by atoms with Gasteiger partial charge in [-0.3, -0.25) is 0 Å². The molecule has 112 valence electrons. The van der Waals surface area contributed by atoms with E-state index in [1.165, 1.54) is 11.1 Å². The van der Waals surface area contributed by atoms with Crippen LogP contribution in [0, 0.1) is 6.92 Å². The lowest BCUT2D eigenvalue weighted by atomic mass is 9.98. The molecule has 0 amide bonds. The summed E-state index contributed by atoms with van der Waals surface area (Å²) >= 11 is 3.51. The number of methoxy groups -OCH3 is 2. The fourth-order valence-corrected chi connectivity index (χ4v) is 2.98. The van der Waals surface area contributed by atoms with E-state index < -0.39 is 0 Å². The summed E-state index contributed by atoms with van der Waals surface area (Å²) in [5.41, 5.74) is 9.78. The van der Waals surface area contributed by atoms with Crippen LogP contribution in [-0.4, -0.2) is 14.2 Å². The molecular formula is C17H20BrNO2. The smallest absolute Gasteiger partial charge is 0.141 e. The van der Waals surface area contributed by atoms with Gasteiger partial charge in [-0.05, 0) is 47.0 Å². The lowest BCUT2D eigenvalue weighted by molar-refractivity contribution is 0.383. The van der Waals surface area contributed by atoms with Crippen LogP contribution < -0.4 is 15.2 Å². The number of aryl methyl sites for hydroxylation is 1. The van der Waals surface area contributed by atoms with E-state index in [0.717, 1.165) is 28.0 Å². The molecule has 0 aliphatic heterocycles. The lowest BCUT2D eigenvalue weighted by Gasteiger charge is -2.18. The van der Waals surface area contributed by atoms with Crippen LogP contribution in [0.2, 0.25) is 0 Å². The third-order valence-electron chi connectivity index (χ3n) is 3.49. The van der Waals surface area contributed by atoms with Crippen molar-refractivity contribution in [3.8, 4) is 11.5 Å². The fourth-order valence-electron chi connectivity index (χ4n) is 2.30. The maximum atomic E-state index is 6.36. The summed E-state index contributed by atoms with van der Waals surface area (Å²) in [6.07, 6.45) is 0.759. The lowest BCUT2D eigenvalue weighted by Crippen LogP contribution is -2.15. The first-order chi connectivity index (χ1) is 10.1. The van der Waals surface area contributed by atoms with Crippen LogP contribution in [0.15, 0.2) is 40.9 Å². The Balaban J connectivity index is 2.28. The van der Waals surface area contributed by atoms with Crippen LogP contribution >= 0.6 is 15.9 Å². The van der Waals surface area contributed by atoms with Crippen molar-refractivity contribution in [3.05, 3.63) is 57.6 Å². The number of rotatable bonds is 5. The van der Waals surface area contributed by atoms with Gasteiger partial charge in [0.05, 0.1) is 14.2 Å². The third kappa shape index (κ3) is 3.57. The number of nitrogens with two attached hydrogens (primary N) is 1. The molecule has 2 aromatic rings. The maximum Gasteiger partial charge on any atom is 0.141 e. The maximum absolute atomic E-state index is 6.36. The van der Waals surface area contributed by atoms with Crippen LogP contribution in [-0.2, 0) is 6.42 Å². The molecule has 2 rings (SSSR count). The van der Waals surface area contributed by atoms with E-state index in [9.17, 15) is 0 Å². The summed E-state index contributed by atoms with van der Waals surface area (Å²) in [4.78, 5) is 0. The predicted molar refractivity (Wildman–Crippen MR) is 89.1 cm³/mol. The Morgan fingerprint density at radius 3 is 2.29 bits per heavy atom. The Morgan fingerprint density at radius 2 is 1.71 bits per heavy atom. The van der Waals surface area contributed by atoms with Gasteiger partial charge in [-0.2, -0.15) is 0 Å². The molecule has 0 radical (unpaired) electrons. The molecule has 21 heavy (non-hydrogen) atoms. The Labute approximate surface area is 134 Å². The second-order valence-corrected chi connectivity index (χ2v) is 5.79. The molecule has 0 aliphatic carbocycles. The fraction of sp³-hybridized carbons (Fsp3) is 0.294. The molecular weight excluding hydrogens is 330 g/mol. The Hall–Kier alpha value is -1.52. The highest BCUT2D eigenvalue weighted by Crippen LogP contribution is 2.39. The van der Waals surface area contributed by atoms with Gasteiger partial charge in [0.25, 0.3) is 0 Å². The standard InChI is InChI=1S/C17H20BrNO2/c1-11-4-6-12(7-5-11)10-14(19)13-8-9-15(20-2)16(18)17(13)21-3/h4-9,14H,10,19H2,1-3H3. The predicted octanol–water partition coefficient (Wildman–Crippen LogP) is 4.02. The first kappa shape index (κ1) is 15.9. The van der Waals surface area contributed by atoms with E-state index in [4.69, 9.17) is 15.2 Å². The monoisotopic (exact) mass is 349 g/mol. The van der Waals surface area contributed by atoms with Crippen molar-refractivity contribution in [2.75, 3.05) is 14.2 Å². The van der Waals surface area contributed by atoms with Crippen LogP contribution in [0.25, 0.3) is 0 Å². The average Bonchev–Trinajstić information content (AvgIpc) is 2.49. The molecule has 1 unspecified atom stereocenters. The summed E-state index contributed by atoms with van der Waals surface area (Å²) in [5.74, 6) is 1.46. The quantitative estimate of drug-likeness (QED) is 0.886. The van der Waals surface area contributed by atoms with Crippen LogP contribution in [0.5, 0.6) is 11.5 Å². The molecule has 0 aliphatic rings. The zero-order valence-electron chi connectivity index (χ0n) is 12.5. The summed E-state index contributed by atoms with van der Waals surface area (Å²) in [5, 5.41) is 0. The van der Waals surface area contributed by atoms with Crippen molar-refractivity contribution in [2.24, 2.45) is 5.73 Å². The molecule has 3 nitrogen and oxygen atoms in total. The molecule has 4 heteroatoms. The number of hydrogen-bond donors (Lipinski definition) is 1. The van der Waals surface area contributed by atoms with Gasteiger partial charge in [-0.25, -0.2) is 0 Å². The summed E-state index contributed by atoms with van der Waals surface area (Å²) < 4.78 is 11.6. The van der Waals surface area contributed by atoms with E-state index in [0.29, 0.717) is 0 Å². The highest BCUT2D eigenvalue weighted by molar-refractivity contribution is 9.10. The van der Waals surface area contributed by atoms with Crippen molar-refractivity contribution in [2.45, 2.75) is 19.4 Å². The van der Waals surface area contributed by atoms with Gasteiger partial charge in [-0.1, -0.05) is 29.8 Å². The minimum Gasteiger partial charge on any atom is -0.495 e. The van der Waals surface area contributed by atoms with Gasteiger partial charge in [0.15, 0.2) is 0 Å². The Bertz CT molecular complexity index is 611. The minimum atomic E-state index is -0.134. The number of hydrogen-bond acceptors (Lipinski definition) is 3. The largest absolute Gasteiger partial charge is 0.495 e. The van der Waals surface area contributed by atoms with Crippen molar-refractivity contribution in [3.63, 3.8) is 0 Å². The molecule has 0 heterocycles. The second-order valence-electron chi connectivity index (χ2n) is 5.00. The normalized spacial score (nSPS) is 12.0. The molecule has 0 saturated carbocycles. The van der Waals surface area contributed by atoms with E-state index in [1.54, 1.807) is 14.2 Å². The topological polar surface area (TPSA) is 44.5 Å². The van der Waals surface area contributed by atoms with Gasteiger partial charge in [-0.15, -0.1) is 0 Å². The highest BCUT2D eigenvalue weighted by Gasteiger charge is 2.18.